The Bertz CT molecular complexity index is 589. The Kier molecular flexibility index (Phi) is 4.65. The lowest BCUT2D eigenvalue weighted by atomic mass is 9.96. The fourth-order valence-corrected chi connectivity index (χ4v) is 3.05. The second kappa shape index (κ2) is 6.10. The lowest BCUT2D eigenvalue weighted by molar-refractivity contribution is 0.546. The fraction of sp³-hybridized carbons (Fsp3) is 0.429. The topological polar surface area (TPSA) is 49.8 Å². The fourth-order valence-electron chi connectivity index (χ4n) is 1.63. The molecule has 0 aliphatic rings. The van der Waals surface area contributed by atoms with Crippen molar-refractivity contribution in [1.82, 2.24) is 9.97 Å². The Balaban J connectivity index is 2.18. The zero-order valence-electron chi connectivity index (χ0n) is 12.1. The Morgan fingerprint density at radius 2 is 1.90 bits per heavy atom. The molecule has 0 spiro atoms. The van der Waals surface area contributed by atoms with E-state index in [-0.39, 0.29) is 5.41 Å². The van der Waals surface area contributed by atoms with Gasteiger partial charge in [0.05, 0.1) is 10.3 Å². The highest BCUT2D eigenvalue weighted by Crippen LogP contribution is 2.24. The summed E-state index contributed by atoms with van der Waals surface area (Å²) in [6.07, 6.45) is 0. The molecule has 2 aromatic rings. The van der Waals surface area contributed by atoms with E-state index in [9.17, 15) is 0 Å². The summed E-state index contributed by atoms with van der Waals surface area (Å²) < 4.78 is 1.14. The zero-order valence-corrected chi connectivity index (χ0v) is 14.5. The number of anilines is 2. The van der Waals surface area contributed by atoms with Gasteiger partial charge in [0.1, 0.15) is 17.5 Å². The maximum Gasteiger partial charge on any atom is 0.138 e. The van der Waals surface area contributed by atoms with E-state index in [1.54, 1.807) is 11.3 Å². The number of rotatable bonds is 4. The molecule has 2 heterocycles. The van der Waals surface area contributed by atoms with Gasteiger partial charge in [0, 0.05) is 23.4 Å². The van der Waals surface area contributed by atoms with Crippen LogP contribution in [0.4, 0.5) is 11.6 Å². The number of nitrogens with one attached hydrogen (secondary N) is 2. The van der Waals surface area contributed by atoms with Crippen molar-refractivity contribution in [2.75, 3.05) is 17.7 Å². The van der Waals surface area contributed by atoms with Crippen LogP contribution >= 0.6 is 27.3 Å². The third-order valence-electron chi connectivity index (χ3n) is 2.73. The van der Waals surface area contributed by atoms with E-state index < -0.39 is 0 Å². The highest BCUT2D eigenvalue weighted by Gasteiger charge is 2.19. The monoisotopic (exact) mass is 354 g/mol. The summed E-state index contributed by atoms with van der Waals surface area (Å²) in [5, 5.41) is 6.45. The number of hydrogen-bond donors (Lipinski definition) is 2. The van der Waals surface area contributed by atoms with Gasteiger partial charge in [-0.05, 0) is 28.1 Å². The Morgan fingerprint density at radius 3 is 2.45 bits per heavy atom. The molecular formula is C14H19BrN4S. The van der Waals surface area contributed by atoms with E-state index in [0.29, 0.717) is 0 Å². The highest BCUT2D eigenvalue weighted by molar-refractivity contribution is 9.11. The molecule has 0 aromatic carbocycles. The van der Waals surface area contributed by atoms with Crippen LogP contribution < -0.4 is 10.6 Å². The molecule has 0 atom stereocenters. The summed E-state index contributed by atoms with van der Waals surface area (Å²) >= 11 is 5.20. The van der Waals surface area contributed by atoms with Gasteiger partial charge in [0.2, 0.25) is 0 Å². The summed E-state index contributed by atoms with van der Waals surface area (Å²) in [6, 6.07) is 6.09. The first kappa shape index (κ1) is 15.3. The number of hydrogen-bond acceptors (Lipinski definition) is 5. The van der Waals surface area contributed by atoms with E-state index in [1.807, 2.05) is 13.1 Å². The van der Waals surface area contributed by atoms with E-state index >= 15 is 0 Å². The molecule has 0 saturated heterocycles. The number of halogens is 1. The van der Waals surface area contributed by atoms with Gasteiger partial charge >= 0.3 is 0 Å². The molecule has 0 bridgehead atoms. The second-order valence-corrected chi connectivity index (χ2v) is 8.07. The summed E-state index contributed by atoms with van der Waals surface area (Å²) in [7, 11) is 1.87. The highest BCUT2D eigenvalue weighted by atomic mass is 79.9. The molecule has 0 unspecified atom stereocenters. The first-order chi connectivity index (χ1) is 9.38. The van der Waals surface area contributed by atoms with Crippen LogP contribution in [0.2, 0.25) is 0 Å². The van der Waals surface area contributed by atoms with Gasteiger partial charge in [-0.1, -0.05) is 20.8 Å². The van der Waals surface area contributed by atoms with Gasteiger partial charge in [-0.3, -0.25) is 0 Å². The smallest absolute Gasteiger partial charge is 0.138 e. The Labute approximate surface area is 132 Å². The summed E-state index contributed by atoms with van der Waals surface area (Å²) in [6.45, 7) is 7.10. The molecule has 0 amide bonds. The van der Waals surface area contributed by atoms with Gasteiger partial charge in [-0.25, -0.2) is 9.97 Å². The average Bonchev–Trinajstić information content (AvgIpc) is 2.81. The molecule has 108 valence electrons. The summed E-state index contributed by atoms with van der Waals surface area (Å²) in [5.41, 5.74) is -0.0742. The van der Waals surface area contributed by atoms with Crippen molar-refractivity contribution < 1.29 is 0 Å². The van der Waals surface area contributed by atoms with E-state index in [4.69, 9.17) is 0 Å². The van der Waals surface area contributed by atoms with E-state index in [2.05, 4.69) is 69.4 Å². The van der Waals surface area contributed by atoms with Crippen molar-refractivity contribution in [3.8, 4) is 0 Å². The quantitative estimate of drug-likeness (QED) is 0.861. The Morgan fingerprint density at radius 1 is 1.20 bits per heavy atom. The maximum atomic E-state index is 4.61. The molecule has 2 rings (SSSR count). The van der Waals surface area contributed by atoms with Crippen LogP contribution in [-0.4, -0.2) is 17.0 Å². The molecule has 0 aliphatic carbocycles. The SMILES string of the molecule is CNc1cc(NCc2ccc(Br)s2)nc(C(C)(C)C)n1. The molecule has 2 aromatic heterocycles. The first-order valence-electron chi connectivity index (χ1n) is 6.44. The van der Waals surface area contributed by atoms with Crippen LogP contribution in [0.3, 0.4) is 0 Å². The van der Waals surface area contributed by atoms with Crippen LogP contribution in [0.1, 0.15) is 31.5 Å². The van der Waals surface area contributed by atoms with Crippen molar-refractivity contribution in [2.24, 2.45) is 0 Å². The normalized spacial score (nSPS) is 11.4. The van der Waals surface area contributed by atoms with E-state index in [0.717, 1.165) is 27.8 Å². The van der Waals surface area contributed by atoms with Crippen LogP contribution in [-0.2, 0) is 12.0 Å². The minimum absolute atomic E-state index is 0.0742. The molecule has 4 nitrogen and oxygen atoms in total. The zero-order chi connectivity index (χ0) is 14.8. The molecular weight excluding hydrogens is 336 g/mol. The molecule has 20 heavy (non-hydrogen) atoms. The minimum atomic E-state index is -0.0742. The summed E-state index contributed by atoms with van der Waals surface area (Å²) in [5.74, 6) is 2.51. The summed E-state index contributed by atoms with van der Waals surface area (Å²) in [4.78, 5) is 10.4. The van der Waals surface area contributed by atoms with Gasteiger partial charge in [-0.2, -0.15) is 0 Å². The van der Waals surface area contributed by atoms with Crippen molar-refractivity contribution in [1.29, 1.82) is 0 Å². The third kappa shape index (κ3) is 3.93. The number of nitrogens with zero attached hydrogens (tertiary/aromatic N) is 2. The largest absolute Gasteiger partial charge is 0.373 e. The first-order valence-corrected chi connectivity index (χ1v) is 8.05. The van der Waals surface area contributed by atoms with Gasteiger partial charge in [0.25, 0.3) is 0 Å². The van der Waals surface area contributed by atoms with Gasteiger partial charge < -0.3 is 10.6 Å². The number of thiophene rings is 1. The minimum Gasteiger partial charge on any atom is -0.373 e. The average molecular weight is 355 g/mol. The number of aromatic nitrogens is 2. The van der Waals surface area contributed by atoms with Gasteiger partial charge in [0.15, 0.2) is 0 Å². The van der Waals surface area contributed by atoms with Crippen LogP contribution in [0.25, 0.3) is 0 Å². The molecule has 0 aliphatic heterocycles. The maximum absolute atomic E-state index is 4.61. The van der Waals surface area contributed by atoms with Crippen LogP contribution in [0.15, 0.2) is 22.0 Å². The molecule has 0 radical (unpaired) electrons. The van der Waals surface area contributed by atoms with E-state index in [1.165, 1.54) is 4.88 Å². The van der Waals surface area contributed by atoms with Crippen molar-refractivity contribution in [3.63, 3.8) is 0 Å². The van der Waals surface area contributed by atoms with Crippen LogP contribution in [0.5, 0.6) is 0 Å². The van der Waals surface area contributed by atoms with Crippen molar-refractivity contribution in [2.45, 2.75) is 32.7 Å². The molecule has 2 N–H and O–H groups in total. The standard InChI is InChI=1S/C14H19BrN4S/c1-14(2,3)13-18-11(16-4)7-12(19-13)17-8-9-5-6-10(15)20-9/h5-7H,8H2,1-4H3,(H2,16,17,18,19). The van der Waals surface area contributed by atoms with Gasteiger partial charge in [-0.15, -0.1) is 11.3 Å². The molecule has 0 fully saturated rings. The van der Waals surface area contributed by atoms with Crippen molar-refractivity contribution >= 4 is 38.9 Å². The lowest BCUT2D eigenvalue weighted by Gasteiger charge is -2.18. The lowest BCUT2D eigenvalue weighted by Crippen LogP contribution is -2.18. The predicted molar refractivity (Wildman–Crippen MR) is 89.6 cm³/mol. The Hall–Kier alpha value is -1.14. The van der Waals surface area contributed by atoms with Crippen LogP contribution in [0, 0.1) is 0 Å². The molecule has 6 heteroatoms. The predicted octanol–water partition coefficient (Wildman–Crippen LogP) is 4.25. The van der Waals surface area contributed by atoms with Crippen molar-refractivity contribution in [3.05, 3.63) is 32.7 Å². The second-order valence-electron chi connectivity index (χ2n) is 5.52. The molecule has 0 saturated carbocycles. The third-order valence-corrected chi connectivity index (χ3v) is 4.35.